The lowest BCUT2D eigenvalue weighted by Crippen LogP contribution is -2.01. The fraction of sp³-hybridized carbons (Fsp3) is 0.156. The van der Waals surface area contributed by atoms with Crippen molar-refractivity contribution in [3.63, 3.8) is 0 Å². The summed E-state index contributed by atoms with van der Waals surface area (Å²) < 4.78 is 19.1. The first-order valence-corrected chi connectivity index (χ1v) is 18.3. The predicted molar refractivity (Wildman–Crippen MR) is 202 cm³/mol. The molecule has 0 aliphatic carbocycles. The minimum atomic E-state index is -0.611. The Kier molecular flexibility index (Phi) is 13.3. The van der Waals surface area contributed by atoms with Gasteiger partial charge >= 0.3 is 0 Å². The van der Waals surface area contributed by atoms with Crippen LogP contribution in [0.15, 0.2) is 87.8 Å². The highest BCUT2D eigenvalue weighted by Crippen LogP contribution is 2.21. The molecular formula is C32H34N12O3S2. The molecule has 0 radical (unpaired) electrons. The topological polar surface area (TPSA) is 205 Å². The van der Waals surface area contributed by atoms with Crippen molar-refractivity contribution < 1.29 is 13.5 Å². The third-order valence-corrected chi connectivity index (χ3v) is 5.84. The van der Waals surface area contributed by atoms with Gasteiger partial charge in [0.05, 0.1) is 19.0 Å². The Morgan fingerprint density at radius 1 is 0.429 bits per heavy atom. The van der Waals surface area contributed by atoms with Crippen LogP contribution >= 0.6 is 0 Å². The van der Waals surface area contributed by atoms with E-state index in [4.69, 9.17) is 5.11 Å². The van der Waals surface area contributed by atoms with Gasteiger partial charge in [0.2, 0.25) is 0 Å². The van der Waals surface area contributed by atoms with Gasteiger partial charge in [-0.2, -0.15) is 0 Å². The third kappa shape index (κ3) is 11.2. The van der Waals surface area contributed by atoms with E-state index in [1.54, 1.807) is 25.0 Å². The van der Waals surface area contributed by atoms with Gasteiger partial charge in [0.1, 0.15) is 17.5 Å². The zero-order valence-corrected chi connectivity index (χ0v) is 28.9. The standard InChI is InChI=1S/C27H18N12.2C2H6OS.CH4O/c1-7-19-28-13-29-21-9-3-17-5-11-23(38-26(17)36-21)32-15-33-24-12-6-18-4-10-22(37-27(18)39-24)31-14-30-20-8-2-16(1)25(34-19)35-20;2*1-4(2)3;1-2/h1-15H,(H3,28,29,30,31,32,33,34,35,36,37,38,39);2*1-2H3;2H,1H3. The Morgan fingerprint density at radius 2 is 0.673 bits per heavy atom. The van der Waals surface area contributed by atoms with Crippen molar-refractivity contribution in [2.24, 2.45) is 15.0 Å². The number of fused-ring (bicyclic) bond motifs is 6. The summed E-state index contributed by atoms with van der Waals surface area (Å²) in [5, 5.41) is 18.9. The number of pyridine rings is 6. The second-order valence-electron chi connectivity index (χ2n) is 9.93. The first kappa shape index (κ1) is 36.2. The summed E-state index contributed by atoms with van der Waals surface area (Å²) in [7, 11) is -0.222. The van der Waals surface area contributed by atoms with E-state index in [9.17, 15) is 8.42 Å². The second kappa shape index (κ2) is 18.0. The Bertz CT molecular complexity index is 2180. The van der Waals surface area contributed by atoms with Crippen LogP contribution in [0.1, 0.15) is 0 Å². The minimum Gasteiger partial charge on any atom is -0.400 e. The largest absolute Gasteiger partial charge is 0.400 e. The minimum absolute atomic E-state index is 0.492. The van der Waals surface area contributed by atoms with Crippen LogP contribution < -0.4 is 16.0 Å². The van der Waals surface area contributed by atoms with E-state index in [-0.39, 0.29) is 0 Å². The van der Waals surface area contributed by atoms with E-state index in [0.717, 1.165) is 23.3 Å². The molecule has 0 unspecified atom stereocenters. The molecule has 1 aliphatic heterocycles. The number of aliphatic imine (C=N–C) groups is 3. The molecule has 0 atom stereocenters. The molecule has 17 heteroatoms. The monoisotopic (exact) mass is 698 g/mol. The number of aliphatic hydroxyl groups is 1. The quantitative estimate of drug-likeness (QED) is 0.170. The van der Waals surface area contributed by atoms with E-state index in [2.05, 4.69) is 60.8 Å². The highest BCUT2D eigenvalue weighted by atomic mass is 32.2. The lowest BCUT2D eigenvalue weighted by Gasteiger charge is -2.05. The molecule has 7 heterocycles. The second-order valence-corrected chi connectivity index (χ2v) is 12.9. The van der Waals surface area contributed by atoms with Crippen molar-refractivity contribution in [3.8, 4) is 0 Å². The Morgan fingerprint density at radius 3 is 0.980 bits per heavy atom. The van der Waals surface area contributed by atoms with E-state index in [1.165, 1.54) is 19.0 Å². The number of nitrogens with zero attached hydrogens (tertiary/aromatic N) is 9. The van der Waals surface area contributed by atoms with Gasteiger partial charge in [0, 0.05) is 69.9 Å². The van der Waals surface area contributed by atoms with Crippen molar-refractivity contribution >= 4 is 109 Å². The van der Waals surface area contributed by atoms with Gasteiger partial charge in [-0.25, -0.2) is 44.9 Å². The molecule has 4 N–H and O–H groups in total. The van der Waals surface area contributed by atoms with Crippen molar-refractivity contribution in [1.29, 1.82) is 0 Å². The molecule has 0 saturated carbocycles. The van der Waals surface area contributed by atoms with Gasteiger partial charge in [-0.3, -0.25) is 8.42 Å². The van der Waals surface area contributed by atoms with Crippen LogP contribution in [0.5, 0.6) is 0 Å². The first-order valence-electron chi connectivity index (χ1n) is 14.4. The van der Waals surface area contributed by atoms with Crippen molar-refractivity contribution in [3.05, 3.63) is 72.8 Å². The lowest BCUT2D eigenvalue weighted by molar-refractivity contribution is 0.399. The highest BCUT2D eigenvalue weighted by Gasteiger charge is 2.04. The molecule has 252 valence electrons. The number of aromatic nitrogens is 6. The zero-order valence-electron chi connectivity index (χ0n) is 27.3. The van der Waals surface area contributed by atoms with Gasteiger partial charge in [0.15, 0.2) is 34.4 Å². The number of hydrogen-bond donors (Lipinski definition) is 4. The summed E-state index contributed by atoms with van der Waals surface area (Å²) in [5.74, 6) is 3.26. The molecule has 0 saturated heterocycles. The van der Waals surface area contributed by atoms with Crippen LogP contribution in [0.2, 0.25) is 0 Å². The predicted octanol–water partition coefficient (Wildman–Crippen LogP) is 4.74. The normalized spacial score (nSPS) is 11.8. The van der Waals surface area contributed by atoms with Crippen LogP contribution in [-0.4, -0.2) is 94.6 Å². The molecule has 15 nitrogen and oxygen atoms in total. The average Bonchev–Trinajstić information content (AvgIpc) is 3.08. The van der Waals surface area contributed by atoms with E-state index >= 15 is 0 Å². The number of anilines is 3. The smallest absolute Gasteiger partial charge is 0.164 e. The maximum Gasteiger partial charge on any atom is 0.164 e. The third-order valence-electron chi connectivity index (χ3n) is 5.84. The summed E-state index contributed by atoms with van der Waals surface area (Å²) in [5.41, 5.74) is 1.64. The van der Waals surface area contributed by atoms with E-state index < -0.39 is 21.6 Å². The van der Waals surface area contributed by atoms with Gasteiger partial charge in [-0.05, 0) is 72.8 Å². The fourth-order valence-corrected chi connectivity index (χ4v) is 3.92. The number of hydrogen-bond acceptors (Lipinski definition) is 15. The summed E-state index contributed by atoms with van der Waals surface area (Å²) in [4.78, 5) is 40.6. The molecule has 9 bridgehead atoms. The van der Waals surface area contributed by atoms with Crippen molar-refractivity contribution in [1.82, 2.24) is 29.9 Å². The molecular weight excluding hydrogens is 665 g/mol. The molecule has 6 aromatic rings. The molecule has 0 amide bonds. The van der Waals surface area contributed by atoms with Gasteiger partial charge in [-0.1, -0.05) is 0 Å². The average molecular weight is 699 g/mol. The van der Waals surface area contributed by atoms with Crippen LogP contribution in [0.25, 0.3) is 33.1 Å². The Hall–Kier alpha value is -5.65. The van der Waals surface area contributed by atoms with E-state index in [1.807, 2.05) is 72.8 Å². The Balaban J connectivity index is 0.000000484. The van der Waals surface area contributed by atoms with Crippen LogP contribution in [0.4, 0.5) is 34.9 Å². The molecule has 0 fully saturated rings. The van der Waals surface area contributed by atoms with E-state index in [0.29, 0.717) is 51.8 Å². The van der Waals surface area contributed by atoms with Crippen LogP contribution in [0, 0.1) is 0 Å². The van der Waals surface area contributed by atoms with Crippen LogP contribution in [0.3, 0.4) is 0 Å². The molecule has 0 spiro atoms. The first-order chi connectivity index (χ1) is 23.7. The molecule has 49 heavy (non-hydrogen) atoms. The van der Waals surface area contributed by atoms with Gasteiger partial charge in [0.25, 0.3) is 0 Å². The number of rotatable bonds is 0. The van der Waals surface area contributed by atoms with Gasteiger partial charge < -0.3 is 21.1 Å². The fourth-order valence-electron chi connectivity index (χ4n) is 3.92. The number of aliphatic hydroxyl groups excluding tert-OH is 1. The molecule has 0 aromatic carbocycles. The molecule has 7 rings (SSSR count). The Labute approximate surface area is 287 Å². The zero-order chi connectivity index (χ0) is 35.2. The molecule has 6 aromatic heterocycles. The lowest BCUT2D eigenvalue weighted by atomic mass is 10.3. The highest BCUT2D eigenvalue weighted by molar-refractivity contribution is 7.83. The maximum absolute atomic E-state index is 9.56. The molecule has 1 aliphatic rings. The van der Waals surface area contributed by atoms with Crippen LogP contribution in [-0.2, 0) is 21.6 Å². The van der Waals surface area contributed by atoms with Gasteiger partial charge in [-0.15, -0.1) is 0 Å². The SMILES string of the molecule is C1=Nc2ccc3ccc(nc3n2)N=CNc2ccc3ccc(nc3n2)NC=Nc2ccc3ccc(nc3n2)N1.CO.CS(C)=O.CS(C)=O. The van der Waals surface area contributed by atoms with Crippen molar-refractivity contribution in [2.45, 2.75) is 0 Å². The summed E-state index contributed by atoms with van der Waals surface area (Å²) in [6.45, 7) is 0. The number of nitrogens with one attached hydrogen (secondary N) is 3. The summed E-state index contributed by atoms with van der Waals surface area (Å²) in [6, 6.07) is 22.5. The summed E-state index contributed by atoms with van der Waals surface area (Å²) >= 11 is 0. The van der Waals surface area contributed by atoms with Crippen molar-refractivity contribution in [2.75, 3.05) is 48.1 Å². The maximum atomic E-state index is 9.56. The summed E-state index contributed by atoms with van der Waals surface area (Å²) in [6.07, 6.45) is 11.2.